The first kappa shape index (κ1) is 15.8. The molecule has 2 unspecified atom stereocenters. The van der Waals surface area contributed by atoms with Crippen LogP contribution in [0.25, 0.3) is 0 Å². The summed E-state index contributed by atoms with van der Waals surface area (Å²) in [4.78, 5) is 15.0. The number of nitrogens with zero attached hydrogens (tertiary/aromatic N) is 1. The number of carbonyl (C=O) groups is 1. The van der Waals surface area contributed by atoms with Crippen LogP contribution in [-0.2, 0) is 9.53 Å². The van der Waals surface area contributed by atoms with Crippen molar-refractivity contribution in [2.24, 2.45) is 16.8 Å². The Kier molecular flexibility index (Phi) is 6.03. The normalized spacial score (nSPS) is 25.8. The van der Waals surface area contributed by atoms with Gasteiger partial charge in [-0.15, -0.1) is 0 Å². The van der Waals surface area contributed by atoms with E-state index in [0.29, 0.717) is 18.3 Å². The second-order valence-electron chi connectivity index (χ2n) is 6.09. The highest BCUT2D eigenvalue weighted by Crippen LogP contribution is 2.32. The largest absolute Gasteiger partial charge is 0.492 e. The van der Waals surface area contributed by atoms with Crippen LogP contribution in [0.15, 0.2) is 28.6 Å². The molecule has 0 radical (unpaired) electrons. The molecule has 1 fully saturated rings. The van der Waals surface area contributed by atoms with Crippen LogP contribution in [0.1, 0.15) is 51.9 Å². The summed E-state index contributed by atoms with van der Waals surface area (Å²) in [6, 6.07) is 0. The van der Waals surface area contributed by atoms with E-state index in [1.54, 1.807) is 6.21 Å². The third-order valence-electron chi connectivity index (χ3n) is 4.27. The zero-order chi connectivity index (χ0) is 15.1. The number of hydrogen-bond donors (Lipinski definition) is 1. The number of aliphatic imine (C=N–C) groups is 1. The molecule has 0 saturated heterocycles. The molecule has 2 atom stereocenters. The molecule has 0 aromatic heterocycles. The van der Waals surface area contributed by atoms with Crippen molar-refractivity contribution < 1.29 is 14.6 Å². The first-order valence-electron chi connectivity index (χ1n) is 7.89. The average molecular weight is 291 g/mol. The molecule has 0 amide bonds. The summed E-state index contributed by atoms with van der Waals surface area (Å²) >= 11 is 0. The fraction of sp³-hybridized carbons (Fsp3) is 0.647. The van der Waals surface area contributed by atoms with Gasteiger partial charge in [-0.2, -0.15) is 0 Å². The Balaban J connectivity index is 1.74. The molecular weight excluding hydrogens is 266 g/mol. The van der Waals surface area contributed by atoms with Gasteiger partial charge in [-0.05, 0) is 50.5 Å². The standard InChI is InChI=1S/C17H25NO3/c1-13-4-2-7-16(11-18-13)21-12-15-6-3-5-14(10-15)8-9-17(19)20/h4,7,11,14-15H,2-3,5-6,8-10,12H2,1H3,(H,19,20). The maximum atomic E-state index is 10.7. The van der Waals surface area contributed by atoms with E-state index in [4.69, 9.17) is 9.84 Å². The predicted molar refractivity (Wildman–Crippen MR) is 83.2 cm³/mol. The van der Waals surface area contributed by atoms with Gasteiger partial charge in [-0.3, -0.25) is 9.79 Å². The highest BCUT2D eigenvalue weighted by Gasteiger charge is 2.23. The summed E-state index contributed by atoms with van der Waals surface area (Å²) in [6.07, 6.45) is 12.5. The molecule has 4 nitrogen and oxygen atoms in total. The minimum atomic E-state index is -0.684. The lowest BCUT2D eigenvalue weighted by Gasteiger charge is -2.28. The fourth-order valence-electron chi connectivity index (χ4n) is 3.07. The Morgan fingerprint density at radius 2 is 2.19 bits per heavy atom. The van der Waals surface area contributed by atoms with Crippen LogP contribution < -0.4 is 0 Å². The van der Waals surface area contributed by atoms with E-state index in [9.17, 15) is 4.79 Å². The second-order valence-corrected chi connectivity index (χ2v) is 6.09. The summed E-state index contributed by atoms with van der Waals surface area (Å²) in [7, 11) is 0. The second kappa shape index (κ2) is 8.01. The molecule has 0 aromatic carbocycles. The fourth-order valence-corrected chi connectivity index (χ4v) is 3.07. The zero-order valence-electron chi connectivity index (χ0n) is 12.8. The zero-order valence-corrected chi connectivity index (χ0v) is 12.8. The average Bonchev–Trinajstić information content (AvgIpc) is 2.68. The minimum Gasteiger partial charge on any atom is -0.492 e. The van der Waals surface area contributed by atoms with E-state index in [1.807, 2.05) is 6.92 Å². The van der Waals surface area contributed by atoms with Crippen molar-refractivity contribution in [1.82, 2.24) is 0 Å². The van der Waals surface area contributed by atoms with Crippen LogP contribution in [0, 0.1) is 11.8 Å². The van der Waals surface area contributed by atoms with Gasteiger partial charge in [0.15, 0.2) is 0 Å². The first-order valence-corrected chi connectivity index (χ1v) is 7.89. The van der Waals surface area contributed by atoms with E-state index < -0.39 is 5.97 Å². The predicted octanol–water partition coefficient (Wildman–Crippen LogP) is 3.94. The molecule has 1 N–H and O–H groups in total. The van der Waals surface area contributed by atoms with Gasteiger partial charge in [0.2, 0.25) is 0 Å². The van der Waals surface area contributed by atoms with Crippen molar-refractivity contribution >= 4 is 12.2 Å². The summed E-state index contributed by atoms with van der Waals surface area (Å²) in [5.74, 6) is 1.26. The lowest BCUT2D eigenvalue weighted by atomic mass is 9.80. The third-order valence-corrected chi connectivity index (χ3v) is 4.27. The number of hydrogen-bond acceptors (Lipinski definition) is 3. The van der Waals surface area contributed by atoms with Gasteiger partial charge in [-0.1, -0.05) is 18.9 Å². The maximum Gasteiger partial charge on any atom is 0.303 e. The van der Waals surface area contributed by atoms with Crippen LogP contribution in [0.5, 0.6) is 0 Å². The first-order chi connectivity index (χ1) is 10.1. The number of ether oxygens (including phenoxy) is 1. The van der Waals surface area contributed by atoms with Crippen LogP contribution in [0.3, 0.4) is 0 Å². The number of carboxylic acids is 1. The van der Waals surface area contributed by atoms with Gasteiger partial charge in [-0.25, -0.2) is 0 Å². The van der Waals surface area contributed by atoms with Crippen LogP contribution >= 0.6 is 0 Å². The monoisotopic (exact) mass is 291 g/mol. The molecule has 1 heterocycles. The molecule has 1 aliphatic carbocycles. The van der Waals surface area contributed by atoms with Crippen molar-refractivity contribution in [2.45, 2.75) is 51.9 Å². The van der Waals surface area contributed by atoms with Crippen LogP contribution in [0.2, 0.25) is 0 Å². The van der Waals surface area contributed by atoms with E-state index in [1.165, 1.54) is 12.8 Å². The third kappa shape index (κ3) is 5.74. The molecular formula is C17H25NO3. The minimum absolute atomic E-state index is 0.293. The van der Waals surface area contributed by atoms with Crippen molar-refractivity contribution in [2.75, 3.05) is 6.61 Å². The van der Waals surface area contributed by atoms with Crippen LogP contribution in [0.4, 0.5) is 0 Å². The molecule has 0 aromatic rings. The summed E-state index contributed by atoms with van der Waals surface area (Å²) in [5.41, 5.74) is 1.02. The van der Waals surface area contributed by atoms with Gasteiger partial charge in [0, 0.05) is 12.1 Å². The highest BCUT2D eigenvalue weighted by molar-refractivity contribution is 5.77. The van der Waals surface area contributed by atoms with E-state index >= 15 is 0 Å². The van der Waals surface area contributed by atoms with Gasteiger partial charge in [0.1, 0.15) is 5.76 Å². The summed E-state index contributed by atoms with van der Waals surface area (Å²) < 4.78 is 5.89. The molecule has 4 heteroatoms. The van der Waals surface area contributed by atoms with Gasteiger partial charge in [0.25, 0.3) is 0 Å². The number of allylic oxidation sites excluding steroid dienone is 4. The van der Waals surface area contributed by atoms with Crippen LogP contribution in [-0.4, -0.2) is 23.9 Å². The van der Waals surface area contributed by atoms with E-state index in [2.05, 4.69) is 17.1 Å². The Hall–Kier alpha value is -1.58. The maximum absolute atomic E-state index is 10.7. The number of carboxylic acid groups (broad SMARTS) is 1. The Morgan fingerprint density at radius 3 is 3.00 bits per heavy atom. The van der Waals surface area contributed by atoms with Gasteiger partial charge >= 0.3 is 5.97 Å². The van der Waals surface area contributed by atoms with E-state index in [0.717, 1.165) is 43.7 Å². The highest BCUT2D eigenvalue weighted by atomic mass is 16.5. The molecule has 0 spiro atoms. The molecule has 1 saturated carbocycles. The Labute approximate surface area is 126 Å². The van der Waals surface area contributed by atoms with Crippen molar-refractivity contribution in [3.05, 3.63) is 23.6 Å². The topological polar surface area (TPSA) is 58.9 Å². The summed E-state index contributed by atoms with van der Waals surface area (Å²) in [6.45, 7) is 2.71. The Morgan fingerprint density at radius 1 is 1.38 bits per heavy atom. The molecule has 116 valence electrons. The Bertz CT molecular complexity index is 451. The van der Waals surface area contributed by atoms with E-state index in [-0.39, 0.29) is 0 Å². The quantitative estimate of drug-likeness (QED) is 0.806. The number of aliphatic carboxylic acids is 1. The van der Waals surface area contributed by atoms with Gasteiger partial charge in [0.05, 0.1) is 12.8 Å². The molecule has 2 rings (SSSR count). The van der Waals surface area contributed by atoms with Crippen molar-refractivity contribution in [3.63, 3.8) is 0 Å². The molecule has 1 aliphatic heterocycles. The number of rotatable bonds is 6. The smallest absolute Gasteiger partial charge is 0.303 e. The molecule has 2 aliphatic rings. The lowest BCUT2D eigenvalue weighted by molar-refractivity contribution is -0.137. The lowest BCUT2D eigenvalue weighted by Crippen LogP contribution is -2.20. The molecule has 0 bridgehead atoms. The SMILES string of the molecule is CC1=CCC=C(OCC2CCCC(CCC(=O)O)C2)C=N1. The summed E-state index contributed by atoms with van der Waals surface area (Å²) in [5, 5.41) is 8.78. The molecule has 21 heavy (non-hydrogen) atoms. The van der Waals surface area contributed by atoms with Crippen molar-refractivity contribution in [3.8, 4) is 0 Å². The van der Waals surface area contributed by atoms with Gasteiger partial charge < -0.3 is 9.84 Å². The van der Waals surface area contributed by atoms with Crippen molar-refractivity contribution in [1.29, 1.82) is 0 Å².